The number of para-hydroxylation sites is 1. The fourth-order valence-corrected chi connectivity index (χ4v) is 3.04. The summed E-state index contributed by atoms with van der Waals surface area (Å²) in [5.41, 5.74) is 3.71. The molecular weight excluding hydrogens is 346 g/mol. The molecule has 0 fully saturated rings. The van der Waals surface area contributed by atoms with E-state index in [0.717, 1.165) is 43.9 Å². The lowest BCUT2D eigenvalue weighted by molar-refractivity contribution is 0.740. The van der Waals surface area contributed by atoms with E-state index in [1.54, 1.807) is 13.2 Å². The van der Waals surface area contributed by atoms with Gasteiger partial charge < -0.3 is 15.6 Å². The van der Waals surface area contributed by atoms with Gasteiger partial charge in [-0.3, -0.25) is 4.99 Å². The molecule has 2 heterocycles. The van der Waals surface area contributed by atoms with Crippen molar-refractivity contribution in [2.45, 2.75) is 19.3 Å². The number of fused-ring (bicyclic) bond motifs is 1. The second-order valence-electron chi connectivity index (χ2n) is 6.13. The SMILES string of the molecule is CN=C(NCCCc1c[nH]c2ccccc12)NCCc1ccc(Cl)nc1. The molecule has 0 saturated carbocycles. The third-order valence-corrected chi connectivity index (χ3v) is 4.53. The number of aromatic amines is 1. The number of benzene rings is 1. The molecule has 0 aliphatic rings. The van der Waals surface area contributed by atoms with Gasteiger partial charge in [0.1, 0.15) is 5.15 Å². The summed E-state index contributed by atoms with van der Waals surface area (Å²) < 4.78 is 0. The smallest absolute Gasteiger partial charge is 0.190 e. The predicted molar refractivity (Wildman–Crippen MR) is 109 cm³/mol. The molecule has 3 aromatic rings. The third kappa shape index (κ3) is 4.99. The Morgan fingerprint density at radius 1 is 1.12 bits per heavy atom. The van der Waals surface area contributed by atoms with Crippen LogP contribution in [0.3, 0.4) is 0 Å². The highest BCUT2D eigenvalue weighted by Gasteiger charge is 2.03. The van der Waals surface area contributed by atoms with E-state index in [2.05, 4.69) is 56.1 Å². The van der Waals surface area contributed by atoms with E-state index < -0.39 is 0 Å². The van der Waals surface area contributed by atoms with Gasteiger partial charge in [0.05, 0.1) is 0 Å². The Kier molecular flexibility index (Phi) is 6.50. The van der Waals surface area contributed by atoms with Gasteiger partial charge in [0.25, 0.3) is 0 Å². The highest BCUT2D eigenvalue weighted by Crippen LogP contribution is 2.18. The number of hydrogen-bond acceptors (Lipinski definition) is 2. The molecular formula is C20H24ClN5. The van der Waals surface area contributed by atoms with Gasteiger partial charge in [-0.1, -0.05) is 35.9 Å². The molecule has 3 rings (SSSR count). The number of aliphatic imine (C=N–C) groups is 1. The van der Waals surface area contributed by atoms with Crippen LogP contribution in [0.1, 0.15) is 17.5 Å². The quantitative estimate of drug-likeness (QED) is 0.258. The number of hydrogen-bond donors (Lipinski definition) is 3. The Bertz CT molecular complexity index is 854. The number of pyridine rings is 1. The minimum Gasteiger partial charge on any atom is -0.361 e. The van der Waals surface area contributed by atoms with E-state index in [9.17, 15) is 0 Å². The highest BCUT2D eigenvalue weighted by atomic mass is 35.5. The molecule has 0 aliphatic carbocycles. The molecule has 0 unspecified atom stereocenters. The maximum absolute atomic E-state index is 5.80. The maximum atomic E-state index is 5.80. The number of rotatable bonds is 7. The highest BCUT2D eigenvalue weighted by molar-refractivity contribution is 6.29. The van der Waals surface area contributed by atoms with Gasteiger partial charge in [-0.2, -0.15) is 0 Å². The standard InChI is InChI=1S/C20H24ClN5/c1-22-20(24-12-10-15-8-9-19(21)26-13-15)23-11-4-5-16-14-25-18-7-3-2-6-17(16)18/h2-3,6-9,13-14,25H,4-5,10-12H2,1H3,(H2,22,23,24). The zero-order valence-electron chi connectivity index (χ0n) is 14.9. The lowest BCUT2D eigenvalue weighted by Crippen LogP contribution is -2.38. The van der Waals surface area contributed by atoms with E-state index in [0.29, 0.717) is 5.15 Å². The first-order valence-electron chi connectivity index (χ1n) is 8.86. The molecule has 0 spiro atoms. The van der Waals surface area contributed by atoms with Crippen LogP contribution in [-0.2, 0) is 12.8 Å². The number of aryl methyl sites for hydroxylation is 1. The molecule has 0 bridgehead atoms. The van der Waals surface area contributed by atoms with Gasteiger partial charge in [0, 0.05) is 43.4 Å². The molecule has 0 radical (unpaired) electrons. The van der Waals surface area contributed by atoms with Crippen molar-refractivity contribution in [2.24, 2.45) is 4.99 Å². The Balaban J connectivity index is 1.38. The lowest BCUT2D eigenvalue weighted by atomic mass is 10.1. The van der Waals surface area contributed by atoms with Crippen molar-refractivity contribution < 1.29 is 0 Å². The van der Waals surface area contributed by atoms with Crippen molar-refractivity contribution >= 4 is 28.5 Å². The van der Waals surface area contributed by atoms with E-state index >= 15 is 0 Å². The first kappa shape index (κ1) is 18.3. The zero-order valence-corrected chi connectivity index (χ0v) is 15.7. The number of guanidine groups is 1. The number of nitrogens with one attached hydrogen (secondary N) is 3. The monoisotopic (exact) mass is 369 g/mol. The van der Waals surface area contributed by atoms with Crippen LogP contribution in [-0.4, -0.2) is 36.1 Å². The minimum atomic E-state index is 0.523. The Labute approximate surface area is 158 Å². The molecule has 1 aromatic carbocycles. The molecule has 0 atom stereocenters. The zero-order chi connectivity index (χ0) is 18.2. The van der Waals surface area contributed by atoms with Crippen LogP contribution in [0.25, 0.3) is 10.9 Å². The van der Waals surface area contributed by atoms with Crippen LogP contribution in [0.15, 0.2) is 53.8 Å². The average Bonchev–Trinajstić information content (AvgIpc) is 3.08. The van der Waals surface area contributed by atoms with Crippen LogP contribution in [0, 0.1) is 0 Å². The summed E-state index contributed by atoms with van der Waals surface area (Å²) in [6.07, 6.45) is 6.87. The van der Waals surface area contributed by atoms with Crippen molar-refractivity contribution in [1.82, 2.24) is 20.6 Å². The van der Waals surface area contributed by atoms with Crippen molar-refractivity contribution in [1.29, 1.82) is 0 Å². The van der Waals surface area contributed by atoms with Gasteiger partial charge in [-0.05, 0) is 42.5 Å². The van der Waals surface area contributed by atoms with E-state index in [-0.39, 0.29) is 0 Å². The summed E-state index contributed by atoms with van der Waals surface area (Å²) in [6, 6.07) is 12.2. The van der Waals surface area contributed by atoms with E-state index in [4.69, 9.17) is 11.6 Å². The second-order valence-corrected chi connectivity index (χ2v) is 6.52. The first-order valence-corrected chi connectivity index (χ1v) is 9.24. The fraction of sp³-hybridized carbons (Fsp3) is 0.300. The van der Waals surface area contributed by atoms with Gasteiger partial charge in [0.15, 0.2) is 5.96 Å². The van der Waals surface area contributed by atoms with Gasteiger partial charge in [0.2, 0.25) is 0 Å². The summed E-state index contributed by atoms with van der Waals surface area (Å²) >= 11 is 5.80. The average molecular weight is 370 g/mol. The number of halogens is 1. The lowest BCUT2D eigenvalue weighted by Gasteiger charge is -2.11. The van der Waals surface area contributed by atoms with Crippen LogP contribution >= 0.6 is 11.6 Å². The number of H-pyrrole nitrogens is 1. The normalized spacial score (nSPS) is 11.7. The van der Waals surface area contributed by atoms with Crippen LogP contribution < -0.4 is 10.6 Å². The van der Waals surface area contributed by atoms with Gasteiger partial charge >= 0.3 is 0 Å². The first-order chi connectivity index (χ1) is 12.8. The van der Waals surface area contributed by atoms with Crippen molar-refractivity contribution in [3.8, 4) is 0 Å². The Morgan fingerprint density at radius 2 is 1.96 bits per heavy atom. The largest absolute Gasteiger partial charge is 0.361 e. The molecule has 5 nitrogen and oxygen atoms in total. The third-order valence-electron chi connectivity index (χ3n) is 4.31. The molecule has 136 valence electrons. The molecule has 0 saturated heterocycles. The summed E-state index contributed by atoms with van der Waals surface area (Å²) in [7, 11) is 1.79. The minimum absolute atomic E-state index is 0.523. The number of nitrogens with zero attached hydrogens (tertiary/aromatic N) is 2. The Hall–Kier alpha value is -2.53. The van der Waals surface area contributed by atoms with Crippen LogP contribution in [0.5, 0.6) is 0 Å². The molecule has 2 aromatic heterocycles. The number of aromatic nitrogens is 2. The molecule has 3 N–H and O–H groups in total. The van der Waals surface area contributed by atoms with Crippen molar-refractivity contribution in [3.63, 3.8) is 0 Å². The molecule has 6 heteroatoms. The second kappa shape index (κ2) is 9.25. The van der Waals surface area contributed by atoms with Gasteiger partial charge in [-0.15, -0.1) is 0 Å². The van der Waals surface area contributed by atoms with Crippen molar-refractivity contribution in [2.75, 3.05) is 20.1 Å². The summed E-state index contributed by atoms with van der Waals surface area (Å²) in [4.78, 5) is 11.7. The van der Waals surface area contributed by atoms with Crippen LogP contribution in [0.2, 0.25) is 5.15 Å². The summed E-state index contributed by atoms with van der Waals surface area (Å²) in [6.45, 7) is 1.67. The Morgan fingerprint density at radius 3 is 2.77 bits per heavy atom. The topological polar surface area (TPSA) is 65.1 Å². The summed E-state index contributed by atoms with van der Waals surface area (Å²) in [5.74, 6) is 0.825. The summed E-state index contributed by atoms with van der Waals surface area (Å²) in [5, 5.41) is 8.53. The van der Waals surface area contributed by atoms with E-state index in [1.165, 1.54) is 16.5 Å². The van der Waals surface area contributed by atoms with Crippen LogP contribution in [0.4, 0.5) is 0 Å². The molecule has 0 amide bonds. The van der Waals surface area contributed by atoms with Gasteiger partial charge in [-0.25, -0.2) is 4.98 Å². The fourth-order valence-electron chi connectivity index (χ4n) is 2.92. The van der Waals surface area contributed by atoms with E-state index in [1.807, 2.05) is 12.1 Å². The maximum Gasteiger partial charge on any atom is 0.190 e. The predicted octanol–water partition coefficient (Wildman–Crippen LogP) is 3.56. The van der Waals surface area contributed by atoms with Crippen molar-refractivity contribution in [3.05, 3.63) is 65.1 Å². The molecule has 0 aliphatic heterocycles. The molecule has 26 heavy (non-hydrogen) atoms.